The highest BCUT2D eigenvalue weighted by atomic mass is 16.5. The van der Waals surface area contributed by atoms with Crippen LogP contribution < -0.4 is 4.74 Å². The summed E-state index contributed by atoms with van der Waals surface area (Å²) in [6.07, 6.45) is 0.883. The monoisotopic (exact) mass is 273 g/mol. The van der Waals surface area contributed by atoms with E-state index in [0.717, 1.165) is 12.1 Å². The van der Waals surface area contributed by atoms with Crippen molar-refractivity contribution in [3.63, 3.8) is 0 Å². The number of aromatic nitrogens is 1. The van der Waals surface area contributed by atoms with Crippen LogP contribution in [0.25, 0.3) is 10.9 Å². The average molecular weight is 273 g/mol. The molecule has 1 N–H and O–H groups in total. The van der Waals surface area contributed by atoms with E-state index in [-0.39, 0.29) is 11.5 Å². The number of pyridine rings is 1. The number of methoxy groups -OCH3 is 1. The fourth-order valence-corrected chi connectivity index (χ4v) is 2.51. The standard InChI is InChI=1S/C15H15NO4/c1-19-10-2-3-13-11(6-10)12(15(17)18)7-14(16-13)9-4-5-20-8-9/h2-3,6-7,9H,4-5,8H2,1H3,(H,17,18). The zero-order valence-corrected chi connectivity index (χ0v) is 11.1. The van der Waals surface area contributed by atoms with Gasteiger partial charge in [0.2, 0.25) is 0 Å². The zero-order valence-electron chi connectivity index (χ0n) is 11.1. The highest BCUT2D eigenvalue weighted by Gasteiger charge is 2.22. The van der Waals surface area contributed by atoms with E-state index in [0.29, 0.717) is 29.9 Å². The second-order valence-electron chi connectivity index (χ2n) is 4.84. The first-order chi connectivity index (χ1) is 9.69. The minimum atomic E-state index is -0.953. The van der Waals surface area contributed by atoms with Crippen LogP contribution in [0.3, 0.4) is 0 Å². The van der Waals surface area contributed by atoms with Crippen molar-refractivity contribution in [1.29, 1.82) is 0 Å². The van der Waals surface area contributed by atoms with Crippen molar-refractivity contribution in [2.75, 3.05) is 20.3 Å². The quantitative estimate of drug-likeness (QED) is 0.930. The van der Waals surface area contributed by atoms with Crippen LogP contribution >= 0.6 is 0 Å². The molecule has 1 aromatic carbocycles. The summed E-state index contributed by atoms with van der Waals surface area (Å²) in [5.74, 6) is -0.149. The van der Waals surface area contributed by atoms with Crippen molar-refractivity contribution < 1.29 is 19.4 Å². The summed E-state index contributed by atoms with van der Waals surface area (Å²) in [6.45, 7) is 1.31. The van der Waals surface area contributed by atoms with Crippen LogP contribution in [0.5, 0.6) is 5.75 Å². The maximum Gasteiger partial charge on any atom is 0.336 e. The average Bonchev–Trinajstić information content (AvgIpc) is 2.99. The lowest BCUT2D eigenvalue weighted by molar-refractivity contribution is 0.0698. The van der Waals surface area contributed by atoms with Crippen LogP contribution in [0.1, 0.15) is 28.4 Å². The topological polar surface area (TPSA) is 68.7 Å². The third-order valence-corrected chi connectivity index (χ3v) is 3.61. The molecule has 1 atom stereocenters. The molecule has 0 aliphatic carbocycles. The first kappa shape index (κ1) is 12.9. The summed E-state index contributed by atoms with van der Waals surface area (Å²) in [4.78, 5) is 16.1. The molecule has 2 heterocycles. The van der Waals surface area contributed by atoms with Gasteiger partial charge in [-0.25, -0.2) is 4.79 Å². The van der Waals surface area contributed by atoms with Crippen molar-refractivity contribution in [2.24, 2.45) is 0 Å². The molecule has 5 heteroatoms. The predicted molar refractivity (Wildman–Crippen MR) is 73.4 cm³/mol. The molecule has 0 bridgehead atoms. The van der Waals surface area contributed by atoms with Crippen LogP contribution in [0.15, 0.2) is 24.3 Å². The Morgan fingerprint density at radius 2 is 2.30 bits per heavy atom. The van der Waals surface area contributed by atoms with Crippen molar-refractivity contribution >= 4 is 16.9 Å². The lowest BCUT2D eigenvalue weighted by atomic mass is 9.99. The van der Waals surface area contributed by atoms with E-state index < -0.39 is 5.97 Å². The number of carboxylic acid groups (broad SMARTS) is 1. The Bertz CT molecular complexity index is 662. The molecule has 0 spiro atoms. The number of carboxylic acids is 1. The Hall–Kier alpha value is -2.14. The van der Waals surface area contributed by atoms with Crippen molar-refractivity contribution in [1.82, 2.24) is 4.98 Å². The van der Waals surface area contributed by atoms with Crippen LogP contribution in [0, 0.1) is 0 Å². The van der Waals surface area contributed by atoms with Gasteiger partial charge >= 0.3 is 5.97 Å². The Morgan fingerprint density at radius 1 is 1.45 bits per heavy atom. The molecular weight excluding hydrogens is 258 g/mol. The largest absolute Gasteiger partial charge is 0.497 e. The first-order valence-corrected chi connectivity index (χ1v) is 6.49. The molecule has 1 fully saturated rings. The molecule has 1 aliphatic heterocycles. The number of benzene rings is 1. The molecule has 1 unspecified atom stereocenters. The van der Waals surface area contributed by atoms with Gasteiger partial charge in [-0.1, -0.05) is 0 Å². The van der Waals surface area contributed by atoms with Crippen LogP contribution in [0.4, 0.5) is 0 Å². The van der Waals surface area contributed by atoms with E-state index in [1.807, 2.05) is 0 Å². The molecule has 1 saturated heterocycles. The summed E-state index contributed by atoms with van der Waals surface area (Å²) < 4.78 is 10.5. The van der Waals surface area contributed by atoms with E-state index in [1.54, 1.807) is 31.4 Å². The highest BCUT2D eigenvalue weighted by molar-refractivity contribution is 6.03. The molecule has 104 valence electrons. The number of aromatic carboxylic acids is 1. The number of carbonyl (C=O) groups is 1. The Balaban J connectivity index is 2.18. The van der Waals surface area contributed by atoms with E-state index >= 15 is 0 Å². The third kappa shape index (κ3) is 2.20. The summed E-state index contributed by atoms with van der Waals surface area (Å²) in [5.41, 5.74) is 1.72. The molecule has 0 radical (unpaired) electrons. The van der Waals surface area contributed by atoms with Gasteiger partial charge in [-0.3, -0.25) is 4.98 Å². The molecular formula is C15H15NO4. The van der Waals surface area contributed by atoms with Gasteiger partial charge in [-0.05, 0) is 30.7 Å². The molecule has 0 amide bonds. The van der Waals surface area contributed by atoms with Gasteiger partial charge in [-0.15, -0.1) is 0 Å². The minimum Gasteiger partial charge on any atom is -0.497 e. The van der Waals surface area contributed by atoms with E-state index in [1.165, 1.54) is 0 Å². The SMILES string of the molecule is COc1ccc2nc(C3CCOC3)cc(C(=O)O)c2c1. The Morgan fingerprint density at radius 3 is 2.95 bits per heavy atom. The van der Waals surface area contributed by atoms with Gasteiger partial charge in [0.05, 0.1) is 24.8 Å². The summed E-state index contributed by atoms with van der Waals surface area (Å²) in [7, 11) is 1.55. The summed E-state index contributed by atoms with van der Waals surface area (Å²) >= 11 is 0. The second kappa shape index (κ2) is 5.09. The van der Waals surface area contributed by atoms with Crippen molar-refractivity contribution in [3.8, 4) is 5.75 Å². The number of rotatable bonds is 3. The van der Waals surface area contributed by atoms with Crippen LogP contribution in [-0.4, -0.2) is 36.4 Å². The van der Waals surface area contributed by atoms with E-state index in [4.69, 9.17) is 9.47 Å². The van der Waals surface area contributed by atoms with Crippen molar-refractivity contribution in [3.05, 3.63) is 35.5 Å². The molecule has 1 aliphatic rings. The highest BCUT2D eigenvalue weighted by Crippen LogP contribution is 2.29. The fourth-order valence-electron chi connectivity index (χ4n) is 2.51. The van der Waals surface area contributed by atoms with E-state index in [9.17, 15) is 9.90 Å². The first-order valence-electron chi connectivity index (χ1n) is 6.49. The number of nitrogens with zero attached hydrogens (tertiary/aromatic N) is 1. The molecule has 0 saturated carbocycles. The van der Waals surface area contributed by atoms with Gasteiger partial charge in [0.25, 0.3) is 0 Å². The lowest BCUT2D eigenvalue weighted by Gasteiger charge is -2.11. The predicted octanol–water partition coefficient (Wildman–Crippen LogP) is 2.45. The summed E-state index contributed by atoms with van der Waals surface area (Å²) in [5, 5.41) is 10.0. The van der Waals surface area contributed by atoms with E-state index in [2.05, 4.69) is 4.98 Å². The third-order valence-electron chi connectivity index (χ3n) is 3.61. The minimum absolute atomic E-state index is 0.180. The number of ether oxygens (including phenoxy) is 2. The molecule has 3 rings (SSSR count). The van der Waals surface area contributed by atoms with Gasteiger partial charge in [-0.2, -0.15) is 0 Å². The number of fused-ring (bicyclic) bond motifs is 1. The van der Waals surface area contributed by atoms with Gasteiger partial charge in [0, 0.05) is 23.6 Å². The maximum absolute atomic E-state index is 11.5. The van der Waals surface area contributed by atoms with Gasteiger partial charge < -0.3 is 14.6 Å². The van der Waals surface area contributed by atoms with Gasteiger partial charge in [0.1, 0.15) is 5.75 Å². The van der Waals surface area contributed by atoms with Crippen molar-refractivity contribution in [2.45, 2.75) is 12.3 Å². The number of hydrogen-bond acceptors (Lipinski definition) is 4. The van der Waals surface area contributed by atoms with Gasteiger partial charge in [0.15, 0.2) is 0 Å². The van der Waals surface area contributed by atoms with Crippen LogP contribution in [0.2, 0.25) is 0 Å². The molecule has 20 heavy (non-hydrogen) atoms. The molecule has 1 aromatic heterocycles. The smallest absolute Gasteiger partial charge is 0.336 e. The molecule has 2 aromatic rings. The summed E-state index contributed by atoms with van der Waals surface area (Å²) in [6, 6.07) is 6.94. The second-order valence-corrected chi connectivity index (χ2v) is 4.84. The lowest BCUT2D eigenvalue weighted by Crippen LogP contribution is -2.06. The molecule has 5 nitrogen and oxygen atoms in total. The maximum atomic E-state index is 11.5. The fraction of sp³-hybridized carbons (Fsp3) is 0.333. The normalized spacial score (nSPS) is 18.4. The van der Waals surface area contributed by atoms with Crippen LogP contribution in [-0.2, 0) is 4.74 Å². The zero-order chi connectivity index (χ0) is 14.1. The number of hydrogen-bond donors (Lipinski definition) is 1. The Kier molecular flexibility index (Phi) is 3.28. The Labute approximate surface area is 116 Å².